The van der Waals surface area contributed by atoms with Gasteiger partial charge < -0.3 is 20.5 Å². The molecule has 1 rings (SSSR count). The number of allylic oxidation sites excluding steroid dienone is 2. The second kappa shape index (κ2) is 14.1. The molecule has 0 aliphatic rings. The molecule has 0 aliphatic carbocycles. The van der Waals surface area contributed by atoms with Crippen molar-refractivity contribution in [3.05, 3.63) is 61.2 Å². The van der Waals surface area contributed by atoms with Gasteiger partial charge in [0.2, 0.25) is 11.8 Å². The third-order valence-corrected chi connectivity index (χ3v) is 4.39. The van der Waals surface area contributed by atoms with Crippen LogP contribution in [0.25, 0.3) is 0 Å². The fourth-order valence-corrected chi connectivity index (χ4v) is 2.76. The van der Waals surface area contributed by atoms with Gasteiger partial charge in [0.15, 0.2) is 0 Å². The molecular weight excluding hydrogens is 384 g/mol. The molecule has 0 fully saturated rings. The minimum absolute atomic E-state index is 0.0304. The highest BCUT2D eigenvalue weighted by molar-refractivity contribution is 5.86. The average molecular weight is 417 g/mol. The molecule has 164 valence electrons. The lowest BCUT2D eigenvalue weighted by Gasteiger charge is -2.21. The van der Waals surface area contributed by atoms with Gasteiger partial charge in [-0.3, -0.25) is 14.4 Å². The van der Waals surface area contributed by atoms with Gasteiger partial charge >= 0.3 is 5.97 Å². The van der Waals surface area contributed by atoms with Crippen LogP contribution in [0.4, 0.5) is 0 Å². The summed E-state index contributed by atoms with van der Waals surface area (Å²) in [6.07, 6.45) is 3.60. The molecule has 3 N–H and O–H groups in total. The third kappa shape index (κ3) is 9.52. The Morgan fingerprint density at radius 3 is 2.47 bits per heavy atom. The van der Waals surface area contributed by atoms with Crippen molar-refractivity contribution in [2.75, 3.05) is 13.2 Å². The van der Waals surface area contributed by atoms with Crippen LogP contribution in [0.1, 0.15) is 44.3 Å². The van der Waals surface area contributed by atoms with E-state index in [1.165, 1.54) is 0 Å². The van der Waals surface area contributed by atoms with E-state index in [1.54, 1.807) is 19.1 Å². The molecule has 0 radical (unpaired) electrons. The van der Waals surface area contributed by atoms with Gasteiger partial charge in [0.25, 0.3) is 0 Å². The van der Waals surface area contributed by atoms with Gasteiger partial charge in [0.05, 0.1) is 19.1 Å². The highest BCUT2D eigenvalue weighted by Gasteiger charge is 2.24. The molecule has 0 saturated carbocycles. The maximum atomic E-state index is 12.7. The quantitative estimate of drug-likeness (QED) is 0.319. The fourth-order valence-electron chi connectivity index (χ4n) is 2.76. The fraction of sp³-hybridized carbons (Fsp3) is 0.435. The standard InChI is InChI=1S/C23H32N2O5/c1-4-6-13-22(28)30-20(18-11-8-7-9-12-18)15-24-23(29)19(10-5-2)14-21(27)25-17(3)16-26/h4-5,7-9,11-12,17,19-20,26H,1-2,6,10,13-16H2,3H3,(H,24,29)(H,25,27)/t17-,19+,20+/m0/s1. The van der Waals surface area contributed by atoms with E-state index in [9.17, 15) is 14.4 Å². The zero-order valence-electron chi connectivity index (χ0n) is 17.5. The first-order valence-electron chi connectivity index (χ1n) is 10.0. The molecule has 1 aromatic carbocycles. The molecule has 0 aromatic heterocycles. The first-order chi connectivity index (χ1) is 14.4. The second-order valence-corrected chi connectivity index (χ2v) is 7.04. The van der Waals surface area contributed by atoms with Gasteiger partial charge in [0, 0.05) is 18.9 Å². The van der Waals surface area contributed by atoms with Gasteiger partial charge in [-0.15, -0.1) is 13.2 Å². The number of ether oxygens (including phenoxy) is 1. The number of esters is 1. The molecule has 7 heteroatoms. The predicted octanol–water partition coefficient (Wildman–Crippen LogP) is 2.43. The normalized spacial score (nSPS) is 13.4. The van der Waals surface area contributed by atoms with E-state index in [0.717, 1.165) is 5.56 Å². The van der Waals surface area contributed by atoms with Crippen molar-refractivity contribution in [1.82, 2.24) is 10.6 Å². The molecular formula is C23H32N2O5. The zero-order valence-corrected chi connectivity index (χ0v) is 17.5. The van der Waals surface area contributed by atoms with Crippen molar-refractivity contribution >= 4 is 17.8 Å². The number of carbonyl (C=O) groups is 3. The Balaban J connectivity index is 2.76. The molecule has 7 nitrogen and oxygen atoms in total. The third-order valence-electron chi connectivity index (χ3n) is 4.39. The van der Waals surface area contributed by atoms with E-state index in [1.807, 2.05) is 30.3 Å². The van der Waals surface area contributed by atoms with Crippen LogP contribution in [0.15, 0.2) is 55.6 Å². The Hall–Kier alpha value is -2.93. The maximum Gasteiger partial charge on any atom is 0.306 e. The lowest BCUT2D eigenvalue weighted by molar-refractivity contribution is -0.150. The van der Waals surface area contributed by atoms with Gasteiger partial charge in [0.1, 0.15) is 6.10 Å². The Bertz CT molecular complexity index is 705. The summed E-state index contributed by atoms with van der Waals surface area (Å²) in [7, 11) is 0. The Kier molecular flexibility index (Phi) is 11.8. The molecule has 0 aliphatic heterocycles. The minimum Gasteiger partial charge on any atom is -0.456 e. The SMILES string of the molecule is C=CCCC(=O)O[C@H](CNC(=O)[C@H](CC=C)CC(=O)N[C@@H](C)CO)c1ccccc1. The monoisotopic (exact) mass is 416 g/mol. The van der Waals surface area contributed by atoms with Gasteiger partial charge in [-0.1, -0.05) is 42.5 Å². The molecule has 0 saturated heterocycles. The Labute approximate surface area is 178 Å². The summed E-state index contributed by atoms with van der Waals surface area (Å²) >= 11 is 0. The van der Waals surface area contributed by atoms with E-state index >= 15 is 0 Å². The van der Waals surface area contributed by atoms with Crippen LogP contribution in [0.5, 0.6) is 0 Å². The molecule has 30 heavy (non-hydrogen) atoms. The lowest BCUT2D eigenvalue weighted by atomic mass is 9.99. The predicted molar refractivity (Wildman–Crippen MR) is 115 cm³/mol. The Morgan fingerprint density at radius 1 is 1.17 bits per heavy atom. The number of rotatable bonds is 14. The smallest absolute Gasteiger partial charge is 0.306 e. The number of carbonyl (C=O) groups excluding carboxylic acids is 3. The van der Waals surface area contributed by atoms with E-state index in [0.29, 0.717) is 12.8 Å². The summed E-state index contributed by atoms with van der Waals surface area (Å²) in [5.74, 6) is -1.64. The highest BCUT2D eigenvalue weighted by atomic mass is 16.5. The van der Waals surface area contributed by atoms with Crippen LogP contribution in [-0.2, 0) is 19.1 Å². The molecule has 2 amide bonds. The molecule has 0 bridgehead atoms. The first-order valence-corrected chi connectivity index (χ1v) is 10.0. The van der Waals surface area contributed by atoms with Crippen LogP contribution in [0, 0.1) is 5.92 Å². The molecule has 1 aromatic rings. The molecule has 0 unspecified atom stereocenters. The number of amides is 2. The Morgan fingerprint density at radius 2 is 1.87 bits per heavy atom. The van der Waals surface area contributed by atoms with E-state index in [-0.39, 0.29) is 49.8 Å². The number of hydrogen-bond acceptors (Lipinski definition) is 5. The highest BCUT2D eigenvalue weighted by Crippen LogP contribution is 2.18. The van der Waals surface area contributed by atoms with Crippen molar-refractivity contribution in [3.8, 4) is 0 Å². The largest absolute Gasteiger partial charge is 0.456 e. The van der Waals surface area contributed by atoms with Crippen LogP contribution in [0.3, 0.4) is 0 Å². The van der Waals surface area contributed by atoms with Crippen molar-refractivity contribution < 1.29 is 24.2 Å². The second-order valence-electron chi connectivity index (χ2n) is 7.04. The summed E-state index contributed by atoms with van der Waals surface area (Å²) in [4.78, 5) is 36.8. The minimum atomic E-state index is -0.639. The summed E-state index contributed by atoms with van der Waals surface area (Å²) in [6, 6.07) is 8.77. The summed E-state index contributed by atoms with van der Waals surface area (Å²) < 4.78 is 5.55. The number of aliphatic hydroxyl groups excluding tert-OH is 1. The summed E-state index contributed by atoms with van der Waals surface area (Å²) in [6.45, 7) is 8.82. The van der Waals surface area contributed by atoms with E-state index in [2.05, 4.69) is 23.8 Å². The van der Waals surface area contributed by atoms with Crippen LogP contribution in [-0.4, -0.2) is 42.1 Å². The van der Waals surface area contributed by atoms with Crippen molar-refractivity contribution in [1.29, 1.82) is 0 Å². The molecule has 0 spiro atoms. The average Bonchev–Trinajstić information content (AvgIpc) is 2.75. The number of hydrogen-bond donors (Lipinski definition) is 3. The topological polar surface area (TPSA) is 105 Å². The van der Waals surface area contributed by atoms with Gasteiger partial charge in [-0.25, -0.2) is 0 Å². The maximum absolute atomic E-state index is 12.7. The number of nitrogens with one attached hydrogen (secondary N) is 2. The lowest BCUT2D eigenvalue weighted by Crippen LogP contribution is -2.40. The molecule has 0 heterocycles. The summed E-state index contributed by atoms with van der Waals surface area (Å²) in [5.41, 5.74) is 0.763. The van der Waals surface area contributed by atoms with Gasteiger partial charge in [-0.05, 0) is 25.3 Å². The zero-order chi connectivity index (χ0) is 22.4. The van der Waals surface area contributed by atoms with Crippen LogP contribution in [0.2, 0.25) is 0 Å². The summed E-state index contributed by atoms with van der Waals surface area (Å²) in [5, 5.41) is 14.5. The van der Waals surface area contributed by atoms with Crippen molar-refractivity contribution in [3.63, 3.8) is 0 Å². The first kappa shape index (κ1) is 25.1. The van der Waals surface area contributed by atoms with Crippen LogP contribution >= 0.6 is 0 Å². The van der Waals surface area contributed by atoms with Crippen molar-refractivity contribution in [2.24, 2.45) is 5.92 Å². The molecule has 3 atom stereocenters. The number of aliphatic hydroxyl groups is 1. The van der Waals surface area contributed by atoms with Crippen molar-refractivity contribution in [2.45, 2.75) is 44.8 Å². The van der Waals surface area contributed by atoms with Gasteiger partial charge in [-0.2, -0.15) is 0 Å². The van der Waals surface area contributed by atoms with E-state index in [4.69, 9.17) is 9.84 Å². The number of benzene rings is 1. The van der Waals surface area contributed by atoms with E-state index < -0.39 is 12.0 Å². The van der Waals surface area contributed by atoms with Crippen LogP contribution < -0.4 is 10.6 Å².